The van der Waals surface area contributed by atoms with Crippen molar-refractivity contribution < 1.29 is 19.2 Å². The Hall–Kier alpha value is -2.62. The summed E-state index contributed by atoms with van der Waals surface area (Å²) in [5.41, 5.74) is 5.06. The number of amides is 1. The van der Waals surface area contributed by atoms with Gasteiger partial charge in [0, 0.05) is 4.47 Å². The maximum absolute atomic E-state index is 11.2. The number of hydrogen-bond donors (Lipinski definition) is 1. The van der Waals surface area contributed by atoms with E-state index in [0.29, 0.717) is 11.5 Å². The highest BCUT2D eigenvalue weighted by Gasteiger charge is 2.24. The van der Waals surface area contributed by atoms with E-state index in [2.05, 4.69) is 21.0 Å². The second kappa shape index (κ2) is 5.30. The minimum absolute atomic E-state index is 0.143. The molecule has 2 heterocycles. The zero-order valence-electron chi connectivity index (χ0n) is 11.0. The van der Waals surface area contributed by atoms with E-state index in [1.54, 1.807) is 12.1 Å². The molecule has 0 unspecified atom stereocenters. The van der Waals surface area contributed by atoms with Crippen molar-refractivity contribution in [1.82, 2.24) is 9.78 Å². The van der Waals surface area contributed by atoms with Gasteiger partial charge in [0.1, 0.15) is 6.20 Å². The van der Waals surface area contributed by atoms with E-state index in [4.69, 9.17) is 15.2 Å². The molecular weight excluding hydrogens is 360 g/mol. The van der Waals surface area contributed by atoms with Gasteiger partial charge in [-0.2, -0.15) is 5.10 Å². The van der Waals surface area contributed by atoms with E-state index in [1.807, 2.05) is 0 Å². The molecule has 1 aromatic heterocycles. The molecule has 0 saturated carbocycles. The fourth-order valence-corrected chi connectivity index (χ4v) is 2.50. The predicted octanol–water partition coefficient (Wildman–Crippen LogP) is 1.43. The Labute approximate surface area is 131 Å². The number of ether oxygens (including phenoxy) is 2. The number of primary amides is 1. The summed E-state index contributed by atoms with van der Waals surface area (Å²) in [5, 5.41) is 14.8. The molecule has 3 rings (SSSR count). The first-order chi connectivity index (χ1) is 10.5. The zero-order valence-corrected chi connectivity index (χ0v) is 12.6. The van der Waals surface area contributed by atoms with Crippen LogP contribution in [0.2, 0.25) is 0 Å². The normalized spacial score (nSPS) is 12.4. The minimum Gasteiger partial charge on any atom is -0.454 e. The fraction of sp³-hybridized carbons (Fsp3) is 0.167. The summed E-state index contributed by atoms with van der Waals surface area (Å²) < 4.78 is 12.5. The lowest BCUT2D eigenvalue weighted by Crippen LogP contribution is -2.14. The van der Waals surface area contributed by atoms with Gasteiger partial charge >= 0.3 is 5.69 Å². The molecule has 1 aliphatic heterocycles. The van der Waals surface area contributed by atoms with E-state index in [9.17, 15) is 14.9 Å². The summed E-state index contributed by atoms with van der Waals surface area (Å²) in [4.78, 5) is 21.4. The molecule has 0 radical (unpaired) electrons. The van der Waals surface area contributed by atoms with Crippen molar-refractivity contribution in [2.75, 3.05) is 6.79 Å². The molecule has 0 spiro atoms. The summed E-state index contributed by atoms with van der Waals surface area (Å²) in [6, 6.07) is 3.48. The molecule has 0 aliphatic carbocycles. The van der Waals surface area contributed by atoms with Crippen LogP contribution in [0.25, 0.3) is 0 Å². The molecule has 0 saturated heterocycles. The average Bonchev–Trinajstić information content (AvgIpc) is 3.05. The molecule has 2 N–H and O–H groups in total. The second-order valence-corrected chi connectivity index (χ2v) is 5.33. The maximum atomic E-state index is 11.2. The van der Waals surface area contributed by atoms with Crippen LogP contribution in [0, 0.1) is 10.1 Å². The second-order valence-electron chi connectivity index (χ2n) is 4.48. The molecule has 1 aromatic carbocycles. The van der Waals surface area contributed by atoms with Crippen molar-refractivity contribution in [3.8, 4) is 11.5 Å². The number of carbonyl (C=O) groups excluding carboxylic acids is 1. The van der Waals surface area contributed by atoms with Crippen LogP contribution in [0.5, 0.6) is 11.5 Å². The topological polar surface area (TPSA) is 123 Å². The number of nitrogens with zero attached hydrogens (tertiary/aromatic N) is 3. The van der Waals surface area contributed by atoms with Crippen LogP contribution in [-0.2, 0) is 6.54 Å². The highest BCUT2D eigenvalue weighted by atomic mass is 79.9. The van der Waals surface area contributed by atoms with Crippen LogP contribution in [0.15, 0.2) is 22.8 Å². The summed E-state index contributed by atoms with van der Waals surface area (Å²) in [7, 11) is 0. The Morgan fingerprint density at radius 2 is 2.14 bits per heavy atom. The maximum Gasteiger partial charge on any atom is 0.320 e. The molecule has 10 heteroatoms. The summed E-state index contributed by atoms with van der Waals surface area (Å²) in [6.07, 6.45) is 1.16. The number of halogens is 1. The third kappa shape index (κ3) is 2.48. The average molecular weight is 369 g/mol. The fourth-order valence-electron chi connectivity index (χ4n) is 2.06. The Balaban J connectivity index is 1.95. The van der Waals surface area contributed by atoms with Gasteiger partial charge in [0.05, 0.1) is 11.5 Å². The first-order valence-electron chi connectivity index (χ1n) is 6.05. The standard InChI is InChI=1S/C12H9BrN4O5/c13-7-2-10-9(21-5-22-10)1-6(7)3-16-4-8(17(19)20)11(15-16)12(14)18/h1-2,4H,3,5H2,(H2,14,18). The van der Waals surface area contributed by atoms with Gasteiger partial charge in [-0.15, -0.1) is 0 Å². The van der Waals surface area contributed by atoms with Gasteiger partial charge in [0.2, 0.25) is 12.5 Å². The minimum atomic E-state index is -0.949. The molecule has 0 fully saturated rings. The summed E-state index contributed by atoms with van der Waals surface area (Å²) in [6.45, 7) is 0.343. The van der Waals surface area contributed by atoms with Crippen molar-refractivity contribution in [2.45, 2.75) is 6.54 Å². The van der Waals surface area contributed by atoms with Crippen LogP contribution in [0.3, 0.4) is 0 Å². The van der Waals surface area contributed by atoms with E-state index >= 15 is 0 Å². The van der Waals surface area contributed by atoms with Gasteiger partial charge in [0.25, 0.3) is 5.91 Å². The molecule has 1 aliphatic rings. The first-order valence-corrected chi connectivity index (χ1v) is 6.84. The Kier molecular flexibility index (Phi) is 3.45. The molecular formula is C12H9BrN4O5. The molecule has 22 heavy (non-hydrogen) atoms. The number of benzene rings is 1. The first kappa shape index (κ1) is 14.3. The molecule has 114 valence electrons. The number of nitro groups is 1. The lowest BCUT2D eigenvalue weighted by molar-refractivity contribution is -0.385. The van der Waals surface area contributed by atoms with Gasteiger partial charge in [-0.3, -0.25) is 19.6 Å². The number of carbonyl (C=O) groups is 1. The van der Waals surface area contributed by atoms with Crippen LogP contribution in [-0.4, -0.2) is 27.4 Å². The smallest absolute Gasteiger partial charge is 0.320 e. The monoisotopic (exact) mass is 368 g/mol. The highest BCUT2D eigenvalue weighted by Crippen LogP contribution is 2.37. The largest absolute Gasteiger partial charge is 0.454 e. The SMILES string of the molecule is NC(=O)c1nn(Cc2cc3c(cc2Br)OCO3)cc1[N+](=O)[O-]. The summed E-state index contributed by atoms with van der Waals surface area (Å²) >= 11 is 3.39. The van der Waals surface area contributed by atoms with Crippen LogP contribution in [0.4, 0.5) is 5.69 Å². The predicted molar refractivity (Wildman–Crippen MR) is 76.8 cm³/mol. The Morgan fingerprint density at radius 3 is 2.73 bits per heavy atom. The third-order valence-corrected chi connectivity index (χ3v) is 3.78. The Bertz CT molecular complexity index is 757. The number of fused-ring (bicyclic) bond motifs is 1. The van der Waals surface area contributed by atoms with Gasteiger partial charge in [0.15, 0.2) is 11.5 Å². The van der Waals surface area contributed by atoms with Crippen molar-refractivity contribution >= 4 is 27.5 Å². The number of rotatable bonds is 4. The van der Waals surface area contributed by atoms with Gasteiger partial charge in [-0.25, -0.2) is 0 Å². The van der Waals surface area contributed by atoms with Crippen molar-refractivity contribution in [2.24, 2.45) is 5.73 Å². The summed E-state index contributed by atoms with van der Waals surface area (Å²) in [5.74, 6) is 0.241. The number of aromatic nitrogens is 2. The quantitative estimate of drug-likeness (QED) is 0.643. The molecule has 1 amide bonds. The van der Waals surface area contributed by atoms with Crippen molar-refractivity contribution in [3.63, 3.8) is 0 Å². The number of hydrogen-bond acceptors (Lipinski definition) is 6. The number of nitrogens with two attached hydrogens (primary N) is 1. The Morgan fingerprint density at radius 1 is 1.45 bits per heavy atom. The van der Waals surface area contributed by atoms with Gasteiger partial charge in [-0.05, 0) is 17.7 Å². The van der Waals surface area contributed by atoms with Gasteiger partial charge < -0.3 is 15.2 Å². The van der Waals surface area contributed by atoms with Crippen molar-refractivity contribution in [3.05, 3.63) is 44.2 Å². The third-order valence-electron chi connectivity index (χ3n) is 3.05. The molecule has 0 atom stereocenters. The van der Waals surface area contributed by atoms with E-state index in [1.165, 1.54) is 4.68 Å². The lowest BCUT2D eigenvalue weighted by atomic mass is 10.2. The molecule has 2 aromatic rings. The van der Waals surface area contributed by atoms with Crippen LogP contribution in [0.1, 0.15) is 16.1 Å². The van der Waals surface area contributed by atoms with Crippen LogP contribution >= 0.6 is 15.9 Å². The molecule has 0 bridgehead atoms. The molecule has 9 nitrogen and oxygen atoms in total. The van der Waals surface area contributed by atoms with Gasteiger partial charge in [-0.1, -0.05) is 15.9 Å². The van der Waals surface area contributed by atoms with E-state index < -0.39 is 16.5 Å². The highest BCUT2D eigenvalue weighted by molar-refractivity contribution is 9.10. The van der Waals surface area contributed by atoms with Crippen molar-refractivity contribution in [1.29, 1.82) is 0 Å². The van der Waals surface area contributed by atoms with Crippen LogP contribution < -0.4 is 15.2 Å². The van der Waals surface area contributed by atoms with E-state index in [-0.39, 0.29) is 19.0 Å². The van der Waals surface area contributed by atoms with E-state index in [0.717, 1.165) is 16.2 Å². The zero-order chi connectivity index (χ0) is 15.9. The lowest BCUT2D eigenvalue weighted by Gasteiger charge is -2.06.